The van der Waals surface area contributed by atoms with Crippen LogP contribution in [0, 0.1) is 0 Å². The van der Waals surface area contributed by atoms with Gasteiger partial charge in [0.1, 0.15) is 24.5 Å². The smallest absolute Gasteiger partial charge is 0.137 e. The van der Waals surface area contributed by atoms with Crippen LogP contribution >= 0.6 is 15.9 Å². The van der Waals surface area contributed by atoms with Gasteiger partial charge >= 0.3 is 0 Å². The maximum atomic E-state index is 11.6. The number of hydrogen-bond acceptors (Lipinski definition) is 5. The van der Waals surface area contributed by atoms with Crippen molar-refractivity contribution in [2.24, 2.45) is 0 Å². The number of anilines is 1. The normalized spacial score (nSPS) is 15.0. The van der Waals surface area contributed by atoms with Crippen LogP contribution in [0.1, 0.15) is 18.4 Å². The van der Waals surface area contributed by atoms with Gasteiger partial charge in [0.2, 0.25) is 0 Å². The van der Waals surface area contributed by atoms with Gasteiger partial charge in [-0.25, -0.2) is 9.97 Å². The molecular formula is C19H18BrN3O2S. The molecule has 0 aliphatic heterocycles. The molecule has 3 aromatic rings. The molecular weight excluding hydrogens is 414 g/mol. The minimum absolute atomic E-state index is 0.396. The molecule has 134 valence electrons. The summed E-state index contributed by atoms with van der Waals surface area (Å²) in [7, 11) is -1.00. The van der Waals surface area contributed by atoms with Crippen molar-refractivity contribution in [3.63, 3.8) is 0 Å². The lowest BCUT2D eigenvalue weighted by Crippen LogP contribution is -2.04. The van der Waals surface area contributed by atoms with Gasteiger partial charge in [-0.2, -0.15) is 0 Å². The number of hydrogen-bond donors (Lipinski definition) is 1. The number of aromatic nitrogens is 2. The van der Waals surface area contributed by atoms with E-state index in [9.17, 15) is 4.21 Å². The summed E-state index contributed by atoms with van der Waals surface area (Å²) in [6, 6.07) is 12.1. The number of rotatable bonds is 6. The Morgan fingerprint density at radius 1 is 1.27 bits per heavy atom. The molecule has 1 fully saturated rings. The van der Waals surface area contributed by atoms with Gasteiger partial charge in [-0.3, -0.25) is 4.21 Å². The molecule has 1 unspecified atom stereocenters. The van der Waals surface area contributed by atoms with Gasteiger partial charge in [-0.05, 0) is 52.5 Å². The van der Waals surface area contributed by atoms with E-state index < -0.39 is 10.8 Å². The summed E-state index contributed by atoms with van der Waals surface area (Å²) in [5, 5.41) is 4.41. The van der Waals surface area contributed by atoms with E-state index in [0.717, 1.165) is 37.4 Å². The van der Waals surface area contributed by atoms with Crippen molar-refractivity contribution >= 4 is 43.5 Å². The number of fused-ring (bicyclic) bond motifs is 1. The molecule has 5 nitrogen and oxygen atoms in total. The molecule has 0 radical (unpaired) electrons. The SMILES string of the molecule is CS(=O)c1cccc(COc2cc3ncnc(NC4CC4)c3cc2Br)c1. The van der Waals surface area contributed by atoms with Gasteiger partial charge in [-0.15, -0.1) is 0 Å². The lowest BCUT2D eigenvalue weighted by Gasteiger charge is -2.12. The zero-order chi connectivity index (χ0) is 18.1. The molecule has 0 saturated heterocycles. The second kappa shape index (κ2) is 7.32. The third kappa shape index (κ3) is 3.88. The molecule has 26 heavy (non-hydrogen) atoms. The number of benzene rings is 2. The first-order valence-electron chi connectivity index (χ1n) is 8.36. The van der Waals surface area contributed by atoms with Crippen molar-refractivity contribution in [2.45, 2.75) is 30.4 Å². The van der Waals surface area contributed by atoms with Crippen LogP contribution in [-0.4, -0.2) is 26.5 Å². The molecule has 0 bridgehead atoms. The summed E-state index contributed by atoms with van der Waals surface area (Å²) < 4.78 is 18.5. The van der Waals surface area contributed by atoms with E-state index in [2.05, 4.69) is 31.2 Å². The number of nitrogens with one attached hydrogen (secondary N) is 1. The third-order valence-electron chi connectivity index (χ3n) is 4.23. The van der Waals surface area contributed by atoms with Crippen LogP contribution in [-0.2, 0) is 17.4 Å². The highest BCUT2D eigenvalue weighted by Gasteiger charge is 2.22. The van der Waals surface area contributed by atoms with E-state index in [1.807, 2.05) is 36.4 Å². The van der Waals surface area contributed by atoms with Crippen LogP contribution in [0.2, 0.25) is 0 Å². The van der Waals surface area contributed by atoms with E-state index in [0.29, 0.717) is 12.6 Å². The molecule has 1 aliphatic carbocycles. The standard InChI is InChI=1S/C19H18BrN3O2S/c1-26(24)14-4-2-3-12(7-14)10-25-18-9-17-15(8-16(18)20)19(22-11-21-17)23-13-5-6-13/h2-4,7-9,11,13H,5-6,10H2,1H3,(H,21,22,23). The molecule has 2 aromatic carbocycles. The van der Waals surface area contributed by atoms with Crippen molar-refractivity contribution in [2.75, 3.05) is 11.6 Å². The molecule has 1 heterocycles. The highest BCUT2D eigenvalue weighted by molar-refractivity contribution is 9.10. The Hall–Kier alpha value is -1.99. The van der Waals surface area contributed by atoms with Crippen LogP contribution in [0.5, 0.6) is 5.75 Å². The maximum Gasteiger partial charge on any atom is 0.137 e. The molecule has 7 heteroatoms. The van der Waals surface area contributed by atoms with E-state index in [1.54, 1.807) is 12.6 Å². The number of halogens is 1. The number of nitrogens with zero attached hydrogens (tertiary/aromatic N) is 2. The first-order chi connectivity index (χ1) is 12.6. The first-order valence-corrected chi connectivity index (χ1v) is 10.7. The Labute approximate surface area is 162 Å². The topological polar surface area (TPSA) is 64.1 Å². The fraction of sp³-hybridized carbons (Fsp3) is 0.263. The van der Waals surface area contributed by atoms with Gasteiger partial charge in [0.25, 0.3) is 0 Å². The average Bonchev–Trinajstić information content (AvgIpc) is 3.45. The van der Waals surface area contributed by atoms with Crippen LogP contribution in [0.3, 0.4) is 0 Å². The van der Waals surface area contributed by atoms with Gasteiger partial charge in [-0.1, -0.05) is 12.1 Å². The second-order valence-electron chi connectivity index (χ2n) is 6.33. The monoisotopic (exact) mass is 431 g/mol. The molecule has 1 N–H and O–H groups in total. The zero-order valence-electron chi connectivity index (χ0n) is 14.2. The fourth-order valence-corrected chi connectivity index (χ4v) is 3.72. The summed E-state index contributed by atoms with van der Waals surface area (Å²) in [5.41, 5.74) is 1.81. The Kier molecular flexibility index (Phi) is 4.91. The molecule has 1 atom stereocenters. The Morgan fingerprint density at radius 2 is 2.12 bits per heavy atom. The molecule has 1 aliphatic rings. The van der Waals surface area contributed by atoms with Crippen molar-refractivity contribution in [1.29, 1.82) is 0 Å². The first kappa shape index (κ1) is 17.4. The quantitative estimate of drug-likeness (QED) is 0.630. The zero-order valence-corrected chi connectivity index (χ0v) is 16.6. The minimum atomic E-state index is -1.00. The van der Waals surface area contributed by atoms with Crippen molar-refractivity contribution < 1.29 is 8.95 Å². The van der Waals surface area contributed by atoms with E-state index in [1.165, 1.54) is 12.8 Å². The van der Waals surface area contributed by atoms with E-state index in [-0.39, 0.29) is 0 Å². The fourth-order valence-electron chi connectivity index (χ4n) is 2.68. The van der Waals surface area contributed by atoms with Crippen LogP contribution in [0.15, 0.2) is 52.1 Å². The molecule has 0 amide bonds. The second-order valence-corrected chi connectivity index (χ2v) is 8.56. The lowest BCUT2D eigenvalue weighted by molar-refractivity contribution is 0.304. The maximum absolute atomic E-state index is 11.6. The molecule has 1 aromatic heterocycles. The van der Waals surface area contributed by atoms with Crippen molar-refractivity contribution in [3.8, 4) is 5.75 Å². The summed E-state index contributed by atoms with van der Waals surface area (Å²) >= 11 is 3.59. The predicted molar refractivity (Wildman–Crippen MR) is 107 cm³/mol. The van der Waals surface area contributed by atoms with Crippen LogP contribution in [0.25, 0.3) is 10.9 Å². The Balaban J connectivity index is 1.57. The van der Waals surface area contributed by atoms with Gasteiger partial charge in [0.15, 0.2) is 0 Å². The van der Waals surface area contributed by atoms with Gasteiger partial charge in [0, 0.05) is 39.4 Å². The minimum Gasteiger partial charge on any atom is -0.488 e. The third-order valence-corrected chi connectivity index (χ3v) is 5.77. The van der Waals surface area contributed by atoms with Crippen molar-refractivity contribution in [3.05, 3.63) is 52.8 Å². The van der Waals surface area contributed by atoms with Crippen LogP contribution < -0.4 is 10.1 Å². The molecule has 4 rings (SSSR count). The largest absolute Gasteiger partial charge is 0.488 e. The van der Waals surface area contributed by atoms with Crippen molar-refractivity contribution in [1.82, 2.24) is 9.97 Å². The highest BCUT2D eigenvalue weighted by atomic mass is 79.9. The summed E-state index contributed by atoms with van der Waals surface area (Å²) in [4.78, 5) is 9.53. The predicted octanol–water partition coefficient (Wildman–Crippen LogP) is 4.28. The average molecular weight is 432 g/mol. The highest BCUT2D eigenvalue weighted by Crippen LogP contribution is 2.34. The number of ether oxygens (including phenoxy) is 1. The van der Waals surface area contributed by atoms with Gasteiger partial charge in [0.05, 0.1) is 9.99 Å². The van der Waals surface area contributed by atoms with Gasteiger partial charge < -0.3 is 10.1 Å². The molecule has 1 saturated carbocycles. The Morgan fingerprint density at radius 3 is 2.88 bits per heavy atom. The molecule has 0 spiro atoms. The lowest BCUT2D eigenvalue weighted by atomic mass is 10.2. The van der Waals surface area contributed by atoms with E-state index >= 15 is 0 Å². The summed E-state index contributed by atoms with van der Waals surface area (Å²) in [5.74, 6) is 1.58. The van der Waals surface area contributed by atoms with Crippen LogP contribution in [0.4, 0.5) is 5.82 Å². The summed E-state index contributed by atoms with van der Waals surface area (Å²) in [6.07, 6.45) is 5.63. The summed E-state index contributed by atoms with van der Waals surface area (Å²) in [6.45, 7) is 0.396. The Bertz CT molecular complexity index is 992. The van der Waals surface area contributed by atoms with E-state index in [4.69, 9.17) is 4.74 Å².